The van der Waals surface area contributed by atoms with E-state index in [1.165, 1.54) is 13.8 Å². The van der Waals surface area contributed by atoms with Crippen LogP contribution in [0.1, 0.15) is 107 Å². The van der Waals surface area contributed by atoms with Gasteiger partial charge in [-0.2, -0.15) is 0 Å². The number of carbonyl (C=O) groups is 4. The van der Waals surface area contributed by atoms with Gasteiger partial charge in [0.05, 0.1) is 29.1 Å². The van der Waals surface area contributed by atoms with Gasteiger partial charge in [-0.05, 0) is 64.7 Å². The molecule has 1 heterocycles. The maximum absolute atomic E-state index is 15.0. The molecular formula is C32H50O9. The van der Waals surface area contributed by atoms with E-state index < -0.39 is 80.7 Å². The first-order chi connectivity index (χ1) is 18.6. The number of aliphatic hydroxyl groups excluding tert-OH is 1. The van der Waals surface area contributed by atoms with Crippen LogP contribution in [0.5, 0.6) is 0 Å². The molecule has 3 aliphatic rings. The molecule has 0 aromatic rings. The molecular weight excluding hydrogens is 528 g/mol. The maximum atomic E-state index is 15.0. The fraction of sp³-hybridized carbons (Fsp3) is 0.812. The van der Waals surface area contributed by atoms with Crippen LogP contribution in [0.25, 0.3) is 0 Å². The first-order valence-electron chi connectivity index (χ1n) is 15.0. The van der Waals surface area contributed by atoms with E-state index in [2.05, 4.69) is 0 Å². The van der Waals surface area contributed by atoms with Crippen molar-refractivity contribution in [3.63, 3.8) is 0 Å². The summed E-state index contributed by atoms with van der Waals surface area (Å²) in [5, 5.41) is 42.5. The first-order valence-corrected chi connectivity index (χ1v) is 15.0. The number of rotatable bonds is 12. The van der Waals surface area contributed by atoms with E-state index >= 15 is 9.59 Å². The van der Waals surface area contributed by atoms with E-state index in [1.54, 1.807) is 34.6 Å². The van der Waals surface area contributed by atoms with E-state index in [9.17, 15) is 30.0 Å². The number of carboxylic acid groups (broad SMARTS) is 1. The second-order valence-electron chi connectivity index (χ2n) is 14.5. The summed E-state index contributed by atoms with van der Waals surface area (Å²) in [7, 11) is 0. The zero-order valence-corrected chi connectivity index (χ0v) is 26.2. The molecule has 3 rings (SSSR count). The van der Waals surface area contributed by atoms with Crippen LogP contribution < -0.4 is 0 Å². The highest BCUT2D eigenvalue weighted by atomic mass is 16.5. The highest BCUT2D eigenvalue weighted by Gasteiger charge is 2.78. The van der Waals surface area contributed by atoms with Gasteiger partial charge in [-0.15, -0.1) is 0 Å². The molecule has 1 saturated heterocycles. The molecule has 0 aromatic carbocycles. The second kappa shape index (κ2) is 10.9. The summed E-state index contributed by atoms with van der Waals surface area (Å²) >= 11 is 0. The van der Waals surface area contributed by atoms with E-state index in [0.717, 1.165) is 0 Å². The van der Waals surface area contributed by atoms with Crippen LogP contribution >= 0.6 is 0 Å². The first kappa shape index (κ1) is 33.4. The molecule has 0 radical (unpaired) electrons. The summed E-state index contributed by atoms with van der Waals surface area (Å²) < 4.78 is 6.34. The molecule has 2 aliphatic carbocycles. The third kappa shape index (κ3) is 5.10. The Morgan fingerprint density at radius 2 is 1.66 bits per heavy atom. The van der Waals surface area contributed by atoms with E-state index in [0.29, 0.717) is 19.3 Å². The van der Waals surface area contributed by atoms with E-state index in [-0.39, 0.29) is 37.0 Å². The molecule has 0 unspecified atom stereocenters. The van der Waals surface area contributed by atoms with Gasteiger partial charge in [0.15, 0.2) is 22.8 Å². The monoisotopic (exact) mass is 578 g/mol. The molecule has 0 amide bonds. The molecule has 1 spiro atoms. The Kier molecular flexibility index (Phi) is 8.86. The van der Waals surface area contributed by atoms with Gasteiger partial charge in [-0.1, -0.05) is 41.0 Å². The lowest BCUT2D eigenvalue weighted by Gasteiger charge is -2.60. The minimum atomic E-state index is -2.13. The summed E-state index contributed by atoms with van der Waals surface area (Å²) in [6.07, 6.45) is -0.982. The van der Waals surface area contributed by atoms with Gasteiger partial charge in [0.2, 0.25) is 0 Å². The van der Waals surface area contributed by atoms with Crippen molar-refractivity contribution in [2.24, 2.45) is 34.0 Å². The van der Waals surface area contributed by atoms with Gasteiger partial charge in [-0.25, -0.2) is 0 Å². The Labute approximate surface area is 243 Å². The van der Waals surface area contributed by atoms with Crippen molar-refractivity contribution < 1.29 is 44.3 Å². The SMILES string of the molecule is CCC[C@@H](CC(=O)O)C1=C2O[C@@H](C(C)(C)O)C[C@]23C[C@@H](C[C@H](O)C(C)(C)O)C(C)(C)[C@](C(=O)[C@H](C)CC)(C1=O)C3=O. The highest BCUT2D eigenvalue weighted by molar-refractivity contribution is 6.33. The summed E-state index contributed by atoms with van der Waals surface area (Å²) in [6, 6.07) is 0. The van der Waals surface area contributed by atoms with Crippen LogP contribution in [0.15, 0.2) is 11.3 Å². The number of Topliss-reactive ketones (excluding diaryl/α,β-unsaturated/α-hetero) is 3. The van der Waals surface area contributed by atoms with Crippen molar-refractivity contribution in [1.29, 1.82) is 0 Å². The lowest BCUT2D eigenvalue weighted by Crippen LogP contribution is -2.70. The van der Waals surface area contributed by atoms with Crippen LogP contribution in [-0.2, 0) is 23.9 Å². The summed E-state index contributed by atoms with van der Waals surface area (Å²) in [6.45, 7) is 14.9. The third-order valence-corrected chi connectivity index (χ3v) is 10.4. The van der Waals surface area contributed by atoms with Crippen LogP contribution in [0.2, 0.25) is 0 Å². The topological polar surface area (TPSA) is 158 Å². The van der Waals surface area contributed by atoms with Crippen molar-refractivity contribution in [1.82, 2.24) is 0 Å². The van der Waals surface area contributed by atoms with Crippen LogP contribution in [-0.4, -0.2) is 67.2 Å². The molecule has 9 heteroatoms. The largest absolute Gasteiger partial charge is 0.490 e. The molecule has 232 valence electrons. The lowest BCUT2D eigenvalue weighted by molar-refractivity contribution is -0.179. The number of aliphatic hydroxyl groups is 3. The Balaban J connectivity index is 2.46. The zero-order chi connectivity index (χ0) is 31.5. The summed E-state index contributed by atoms with van der Waals surface area (Å²) in [4.78, 5) is 56.6. The normalized spacial score (nSPS) is 31.8. The van der Waals surface area contributed by atoms with Crippen molar-refractivity contribution in [3.05, 3.63) is 11.3 Å². The van der Waals surface area contributed by atoms with Crippen molar-refractivity contribution in [3.8, 4) is 0 Å². The van der Waals surface area contributed by atoms with E-state index in [4.69, 9.17) is 4.74 Å². The number of carbonyl (C=O) groups excluding carboxylic acids is 3. The number of fused-ring (bicyclic) bond motifs is 1. The third-order valence-electron chi connectivity index (χ3n) is 10.4. The van der Waals surface area contributed by atoms with Gasteiger partial charge < -0.3 is 25.2 Å². The predicted molar refractivity (Wildman–Crippen MR) is 152 cm³/mol. The Bertz CT molecular complexity index is 1120. The molecule has 2 fully saturated rings. The van der Waals surface area contributed by atoms with Gasteiger partial charge in [0.25, 0.3) is 0 Å². The van der Waals surface area contributed by atoms with Crippen molar-refractivity contribution in [2.75, 3.05) is 0 Å². The number of carboxylic acids is 1. The van der Waals surface area contributed by atoms with E-state index in [1.807, 2.05) is 13.8 Å². The standard InChI is InChI=1S/C32H50O9/c1-10-12-18(13-22(34)35)23-25(37)32(24(36)17(3)11-2)27(38)31(16-21(30(8,9)40)41-26(23)31)15-19(28(32,4)5)14-20(33)29(6,7)39/h17-21,33,39-40H,10-16H2,1-9H3,(H,34,35)/t17-,18+,19-,20+,21-,31-,32-/m1/s1. The number of ketones is 3. The Hall–Kier alpha value is -2.10. The fourth-order valence-electron chi connectivity index (χ4n) is 7.53. The predicted octanol–water partition coefficient (Wildman–Crippen LogP) is 4.00. The number of aliphatic carboxylic acids is 1. The lowest BCUT2D eigenvalue weighted by atomic mass is 9.38. The fourth-order valence-corrected chi connectivity index (χ4v) is 7.53. The van der Waals surface area contributed by atoms with Crippen molar-refractivity contribution >= 4 is 23.3 Å². The summed E-state index contributed by atoms with van der Waals surface area (Å²) in [5.74, 6) is -4.77. The van der Waals surface area contributed by atoms with Crippen LogP contribution in [0.4, 0.5) is 0 Å². The van der Waals surface area contributed by atoms with Gasteiger partial charge in [0, 0.05) is 23.8 Å². The van der Waals surface area contributed by atoms with Crippen LogP contribution in [0, 0.1) is 34.0 Å². The average Bonchev–Trinajstić information content (AvgIpc) is 3.22. The second-order valence-corrected chi connectivity index (χ2v) is 14.5. The molecule has 1 saturated carbocycles. The molecule has 9 nitrogen and oxygen atoms in total. The molecule has 2 bridgehead atoms. The van der Waals surface area contributed by atoms with Gasteiger partial charge in [0.1, 0.15) is 11.9 Å². The highest BCUT2D eigenvalue weighted by Crippen LogP contribution is 2.69. The molecule has 1 aliphatic heterocycles. The molecule has 0 aromatic heterocycles. The maximum Gasteiger partial charge on any atom is 0.303 e. The zero-order valence-electron chi connectivity index (χ0n) is 26.2. The van der Waals surface area contributed by atoms with Gasteiger partial charge >= 0.3 is 5.97 Å². The molecule has 7 atom stereocenters. The Morgan fingerprint density at radius 1 is 1.07 bits per heavy atom. The minimum Gasteiger partial charge on any atom is -0.490 e. The quantitative estimate of drug-likeness (QED) is 0.251. The molecule has 41 heavy (non-hydrogen) atoms. The molecule has 4 N–H and O–H groups in total. The number of hydrogen-bond acceptors (Lipinski definition) is 8. The summed E-state index contributed by atoms with van der Waals surface area (Å²) in [5.41, 5.74) is -7.65. The van der Waals surface area contributed by atoms with Gasteiger partial charge in [-0.3, -0.25) is 19.2 Å². The smallest absolute Gasteiger partial charge is 0.303 e. The average molecular weight is 579 g/mol. The minimum absolute atomic E-state index is 0.0219. The van der Waals surface area contributed by atoms with Crippen molar-refractivity contribution in [2.45, 2.75) is 131 Å². The van der Waals surface area contributed by atoms with Crippen LogP contribution in [0.3, 0.4) is 0 Å². The Morgan fingerprint density at radius 3 is 2.12 bits per heavy atom. The number of allylic oxidation sites excluding steroid dienone is 2. The number of hydrogen-bond donors (Lipinski definition) is 4. The number of ether oxygens (including phenoxy) is 1.